The van der Waals surface area contributed by atoms with Crippen LogP contribution < -0.4 is 4.74 Å². The van der Waals surface area contributed by atoms with Gasteiger partial charge in [-0.1, -0.05) is 42.5 Å². The molecule has 5 nitrogen and oxygen atoms in total. The number of piperidine rings is 1. The molecule has 2 aromatic rings. The average molecular weight is 410 g/mol. The number of hydrogen-bond donors (Lipinski definition) is 0. The van der Waals surface area contributed by atoms with Crippen molar-refractivity contribution in [3.8, 4) is 5.75 Å². The number of rotatable bonds is 8. The Balaban J connectivity index is 1.45. The number of amides is 1. The predicted octanol–water partition coefficient (Wildman–Crippen LogP) is 5.48. The lowest BCUT2D eigenvalue weighted by atomic mass is 10.0. The first-order valence-corrected chi connectivity index (χ1v) is 10.8. The van der Waals surface area contributed by atoms with E-state index in [4.69, 9.17) is 9.47 Å². The van der Waals surface area contributed by atoms with Crippen LogP contribution in [0.25, 0.3) is 0 Å². The van der Waals surface area contributed by atoms with Crippen molar-refractivity contribution in [1.82, 2.24) is 4.90 Å². The number of carbonyl (C=O) groups is 2. The molecule has 3 rings (SSSR count). The van der Waals surface area contributed by atoms with Gasteiger partial charge >= 0.3 is 6.09 Å². The lowest BCUT2D eigenvalue weighted by Gasteiger charge is -2.31. The maximum Gasteiger partial charge on any atom is 0.410 e. The van der Waals surface area contributed by atoms with Gasteiger partial charge in [0.05, 0.1) is 6.61 Å². The highest BCUT2D eigenvalue weighted by Gasteiger charge is 2.26. The first kappa shape index (κ1) is 21.9. The first-order chi connectivity index (χ1) is 14.4. The highest BCUT2D eigenvalue weighted by molar-refractivity contribution is 6.09. The zero-order chi connectivity index (χ0) is 21.4. The SMILES string of the molecule is CC(C)(CCCOc1cccc(C(=O)c2ccccc2)c1)OC(=O)N1CCCCC1. The minimum absolute atomic E-state index is 0.0215. The zero-order valence-electron chi connectivity index (χ0n) is 17.9. The van der Waals surface area contributed by atoms with E-state index in [1.54, 1.807) is 17.0 Å². The van der Waals surface area contributed by atoms with Gasteiger partial charge in [-0.05, 0) is 58.1 Å². The second kappa shape index (κ2) is 10.3. The van der Waals surface area contributed by atoms with E-state index in [0.717, 1.165) is 32.4 Å². The van der Waals surface area contributed by atoms with Gasteiger partial charge in [-0.15, -0.1) is 0 Å². The van der Waals surface area contributed by atoms with Gasteiger partial charge in [-0.25, -0.2) is 4.79 Å². The first-order valence-electron chi connectivity index (χ1n) is 10.8. The molecule has 1 aliphatic rings. The lowest BCUT2D eigenvalue weighted by molar-refractivity contribution is 0.00276. The standard InChI is InChI=1S/C25H31NO4/c1-25(2,30-24(28)26-16-7-4-8-17-26)15-10-18-29-22-14-9-13-21(19-22)23(27)20-11-5-3-6-12-20/h3,5-6,9,11-14,19H,4,7-8,10,15-18H2,1-2H3. The minimum Gasteiger partial charge on any atom is -0.494 e. The van der Waals surface area contributed by atoms with Crippen LogP contribution in [0.1, 0.15) is 61.9 Å². The molecule has 160 valence electrons. The van der Waals surface area contributed by atoms with Gasteiger partial charge in [-0.2, -0.15) is 0 Å². The summed E-state index contributed by atoms with van der Waals surface area (Å²) >= 11 is 0. The molecule has 30 heavy (non-hydrogen) atoms. The van der Waals surface area contributed by atoms with Crippen LogP contribution in [0.2, 0.25) is 0 Å². The maximum atomic E-state index is 12.6. The molecule has 1 aliphatic heterocycles. The third kappa shape index (κ3) is 6.34. The molecular weight excluding hydrogens is 378 g/mol. The summed E-state index contributed by atoms with van der Waals surface area (Å²) in [5, 5.41) is 0. The van der Waals surface area contributed by atoms with E-state index in [1.807, 2.05) is 56.3 Å². The number of benzene rings is 2. The van der Waals surface area contributed by atoms with E-state index in [0.29, 0.717) is 29.9 Å². The summed E-state index contributed by atoms with van der Waals surface area (Å²) < 4.78 is 11.6. The average Bonchev–Trinajstić information content (AvgIpc) is 2.77. The number of likely N-dealkylation sites (tertiary alicyclic amines) is 1. The van der Waals surface area contributed by atoms with Gasteiger partial charge in [0.25, 0.3) is 0 Å². The van der Waals surface area contributed by atoms with E-state index in [2.05, 4.69) is 0 Å². The van der Waals surface area contributed by atoms with E-state index < -0.39 is 5.60 Å². The molecule has 0 radical (unpaired) electrons. The van der Waals surface area contributed by atoms with Crippen LogP contribution in [0.5, 0.6) is 5.75 Å². The number of ketones is 1. The Morgan fingerprint density at radius 3 is 2.37 bits per heavy atom. The summed E-state index contributed by atoms with van der Waals surface area (Å²) in [4.78, 5) is 26.7. The van der Waals surface area contributed by atoms with Crippen molar-refractivity contribution >= 4 is 11.9 Å². The summed E-state index contributed by atoms with van der Waals surface area (Å²) in [6.07, 6.45) is 4.52. The fraction of sp³-hybridized carbons (Fsp3) is 0.440. The summed E-state index contributed by atoms with van der Waals surface area (Å²) in [6, 6.07) is 16.5. The van der Waals surface area contributed by atoms with Gasteiger partial charge in [0.15, 0.2) is 5.78 Å². The van der Waals surface area contributed by atoms with Gasteiger partial charge in [-0.3, -0.25) is 4.79 Å². The molecule has 1 fully saturated rings. The van der Waals surface area contributed by atoms with Crippen molar-refractivity contribution in [2.24, 2.45) is 0 Å². The molecule has 0 aromatic heterocycles. The normalized spacial score (nSPS) is 14.3. The molecule has 2 aromatic carbocycles. The molecule has 1 saturated heterocycles. The minimum atomic E-state index is -0.539. The largest absolute Gasteiger partial charge is 0.494 e. The summed E-state index contributed by atoms with van der Waals surface area (Å²) in [6.45, 7) is 5.95. The van der Waals surface area contributed by atoms with Gasteiger partial charge in [0.1, 0.15) is 11.4 Å². The smallest absolute Gasteiger partial charge is 0.410 e. The molecule has 0 unspecified atom stereocenters. The Bertz CT molecular complexity index is 841. The third-order valence-corrected chi connectivity index (χ3v) is 5.30. The van der Waals surface area contributed by atoms with Crippen molar-refractivity contribution in [2.75, 3.05) is 19.7 Å². The molecule has 5 heteroatoms. The maximum absolute atomic E-state index is 12.6. The van der Waals surface area contributed by atoms with Gasteiger partial charge < -0.3 is 14.4 Å². The fourth-order valence-corrected chi connectivity index (χ4v) is 3.60. The molecule has 0 aliphatic carbocycles. The monoisotopic (exact) mass is 409 g/mol. The Kier molecular flexibility index (Phi) is 7.50. The van der Waals surface area contributed by atoms with E-state index in [1.165, 1.54) is 6.42 Å². The number of ether oxygens (including phenoxy) is 2. The second-order valence-electron chi connectivity index (χ2n) is 8.35. The molecule has 1 amide bonds. The molecular formula is C25H31NO4. The molecule has 0 bridgehead atoms. The highest BCUT2D eigenvalue weighted by atomic mass is 16.6. The summed E-state index contributed by atoms with van der Waals surface area (Å²) in [5.41, 5.74) is 0.727. The lowest BCUT2D eigenvalue weighted by Crippen LogP contribution is -2.40. The fourth-order valence-electron chi connectivity index (χ4n) is 3.60. The van der Waals surface area contributed by atoms with Crippen molar-refractivity contribution in [1.29, 1.82) is 0 Å². The summed E-state index contributed by atoms with van der Waals surface area (Å²) in [5.74, 6) is 0.645. The van der Waals surface area contributed by atoms with Gasteiger partial charge in [0.2, 0.25) is 0 Å². The molecule has 0 saturated carbocycles. The van der Waals surface area contributed by atoms with Crippen LogP contribution in [-0.2, 0) is 4.74 Å². The van der Waals surface area contributed by atoms with E-state index >= 15 is 0 Å². The number of hydrogen-bond acceptors (Lipinski definition) is 4. The number of nitrogens with zero attached hydrogens (tertiary/aromatic N) is 1. The molecule has 0 atom stereocenters. The Morgan fingerprint density at radius 1 is 0.933 bits per heavy atom. The van der Waals surface area contributed by atoms with Crippen molar-refractivity contribution in [3.05, 3.63) is 65.7 Å². The van der Waals surface area contributed by atoms with Crippen LogP contribution in [-0.4, -0.2) is 42.1 Å². The molecule has 0 N–H and O–H groups in total. The van der Waals surface area contributed by atoms with Crippen LogP contribution in [0, 0.1) is 0 Å². The summed E-state index contributed by atoms with van der Waals surface area (Å²) in [7, 11) is 0. The molecule has 0 spiro atoms. The van der Waals surface area contributed by atoms with Crippen molar-refractivity contribution < 1.29 is 19.1 Å². The van der Waals surface area contributed by atoms with E-state index in [-0.39, 0.29) is 11.9 Å². The highest BCUT2D eigenvalue weighted by Crippen LogP contribution is 2.21. The Morgan fingerprint density at radius 2 is 1.63 bits per heavy atom. The van der Waals surface area contributed by atoms with E-state index in [9.17, 15) is 9.59 Å². The third-order valence-electron chi connectivity index (χ3n) is 5.30. The zero-order valence-corrected chi connectivity index (χ0v) is 17.9. The van der Waals surface area contributed by atoms with Gasteiger partial charge in [0, 0.05) is 24.2 Å². The Hall–Kier alpha value is -2.82. The topological polar surface area (TPSA) is 55.8 Å². The van der Waals surface area contributed by atoms with Crippen molar-refractivity contribution in [3.63, 3.8) is 0 Å². The predicted molar refractivity (Wildman–Crippen MR) is 117 cm³/mol. The second-order valence-corrected chi connectivity index (χ2v) is 8.35. The van der Waals surface area contributed by atoms with Crippen LogP contribution in [0.3, 0.4) is 0 Å². The Labute approximate surface area is 179 Å². The van der Waals surface area contributed by atoms with Crippen LogP contribution in [0.15, 0.2) is 54.6 Å². The van der Waals surface area contributed by atoms with Crippen molar-refractivity contribution in [2.45, 2.75) is 51.6 Å². The quantitative estimate of drug-likeness (QED) is 0.428. The number of carbonyl (C=O) groups excluding carboxylic acids is 2. The van der Waals surface area contributed by atoms with Crippen LogP contribution >= 0.6 is 0 Å². The van der Waals surface area contributed by atoms with Crippen LogP contribution in [0.4, 0.5) is 4.79 Å². The molecule has 1 heterocycles.